The summed E-state index contributed by atoms with van der Waals surface area (Å²) in [7, 11) is 0. The molecule has 1 aliphatic heterocycles. The first-order chi connectivity index (χ1) is 9.22. The summed E-state index contributed by atoms with van der Waals surface area (Å²) in [5.74, 6) is 0.436. The predicted octanol–water partition coefficient (Wildman–Crippen LogP) is 1.45. The Balaban J connectivity index is 1.85. The summed E-state index contributed by atoms with van der Waals surface area (Å²) < 4.78 is 0. The first-order valence-electron chi connectivity index (χ1n) is 7.93. The van der Waals surface area contributed by atoms with Gasteiger partial charge in [-0.1, -0.05) is 19.8 Å². The van der Waals surface area contributed by atoms with Crippen molar-refractivity contribution in [2.24, 2.45) is 11.1 Å². The van der Waals surface area contributed by atoms with E-state index in [4.69, 9.17) is 5.73 Å². The molecule has 1 heterocycles. The first kappa shape index (κ1) is 14.8. The van der Waals surface area contributed by atoms with Gasteiger partial charge in [-0.15, -0.1) is 0 Å². The van der Waals surface area contributed by atoms with Gasteiger partial charge in [0, 0.05) is 31.6 Å². The van der Waals surface area contributed by atoms with Crippen LogP contribution in [0.25, 0.3) is 0 Å². The highest BCUT2D eigenvalue weighted by Crippen LogP contribution is 2.42. The van der Waals surface area contributed by atoms with Gasteiger partial charge in [0.2, 0.25) is 5.91 Å². The molecule has 1 aliphatic carbocycles. The summed E-state index contributed by atoms with van der Waals surface area (Å²) in [5, 5.41) is 0. The Morgan fingerprint density at radius 3 is 2.32 bits per heavy atom. The third kappa shape index (κ3) is 3.29. The van der Waals surface area contributed by atoms with E-state index in [1.54, 1.807) is 0 Å². The summed E-state index contributed by atoms with van der Waals surface area (Å²) >= 11 is 0. The van der Waals surface area contributed by atoms with E-state index < -0.39 is 0 Å². The minimum Gasteiger partial charge on any atom is -0.340 e. The molecule has 2 aliphatic rings. The van der Waals surface area contributed by atoms with E-state index >= 15 is 0 Å². The maximum absolute atomic E-state index is 12.8. The molecule has 19 heavy (non-hydrogen) atoms. The van der Waals surface area contributed by atoms with Crippen LogP contribution in [0.1, 0.15) is 45.4 Å². The molecule has 1 saturated carbocycles. The third-order valence-corrected chi connectivity index (χ3v) is 5.03. The molecule has 4 nitrogen and oxygen atoms in total. The number of rotatable bonds is 5. The standard InChI is InChI=1S/C15H29N3O/c1-2-15(6-3-4-7-15)14(19)18-12-10-17(11-13-18)9-5-8-16/h2-13,16H2,1H3. The van der Waals surface area contributed by atoms with Crippen LogP contribution in [0.3, 0.4) is 0 Å². The van der Waals surface area contributed by atoms with Crippen molar-refractivity contribution < 1.29 is 4.79 Å². The zero-order chi connectivity index (χ0) is 13.7. The first-order valence-corrected chi connectivity index (χ1v) is 7.93. The van der Waals surface area contributed by atoms with Gasteiger partial charge in [0.15, 0.2) is 0 Å². The fourth-order valence-electron chi connectivity index (χ4n) is 3.60. The number of amides is 1. The van der Waals surface area contributed by atoms with Crippen LogP contribution in [-0.4, -0.2) is 55.0 Å². The molecule has 2 N–H and O–H groups in total. The summed E-state index contributed by atoms with van der Waals surface area (Å²) in [5.41, 5.74) is 5.53. The highest BCUT2D eigenvalue weighted by Gasteiger charge is 2.42. The van der Waals surface area contributed by atoms with Crippen molar-refractivity contribution in [3.8, 4) is 0 Å². The van der Waals surface area contributed by atoms with Gasteiger partial charge >= 0.3 is 0 Å². The SMILES string of the molecule is CCC1(C(=O)N2CCN(CCCN)CC2)CCCC1. The number of carbonyl (C=O) groups is 1. The molecular formula is C15H29N3O. The van der Waals surface area contributed by atoms with Crippen LogP contribution >= 0.6 is 0 Å². The van der Waals surface area contributed by atoms with Crippen molar-refractivity contribution in [3.05, 3.63) is 0 Å². The minimum atomic E-state index is -0.0145. The molecule has 0 unspecified atom stereocenters. The number of hydrogen-bond donors (Lipinski definition) is 1. The number of carbonyl (C=O) groups excluding carboxylic acids is 1. The van der Waals surface area contributed by atoms with Crippen molar-refractivity contribution in [1.29, 1.82) is 0 Å². The van der Waals surface area contributed by atoms with E-state index in [1.165, 1.54) is 12.8 Å². The van der Waals surface area contributed by atoms with Crippen LogP contribution < -0.4 is 5.73 Å². The Hall–Kier alpha value is -0.610. The van der Waals surface area contributed by atoms with Crippen molar-refractivity contribution in [1.82, 2.24) is 9.80 Å². The molecule has 0 spiro atoms. The number of hydrogen-bond acceptors (Lipinski definition) is 3. The molecule has 1 saturated heterocycles. The summed E-state index contributed by atoms with van der Waals surface area (Å²) in [4.78, 5) is 17.3. The van der Waals surface area contributed by atoms with Crippen molar-refractivity contribution >= 4 is 5.91 Å². The second-order valence-electron chi connectivity index (χ2n) is 6.12. The van der Waals surface area contributed by atoms with Gasteiger partial charge in [-0.2, -0.15) is 0 Å². The van der Waals surface area contributed by atoms with E-state index in [1.807, 2.05) is 0 Å². The lowest BCUT2D eigenvalue weighted by molar-refractivity contribution is -0.144. The maximum atomic E-state index is 12.8. The van der Waals surface area contributed by atoms with E-state index in [-0.39, 0.29) is 5.41 Å². The van der Waals surface area contributed by atoms with Gasteiger partial charge in [-0.3, -0.25) is 9.69 Å². The highest BCUT2D eigenvalue weighted by molar-refractivity contribution is 5.83. The molecule has 0 atom stereocenters. The lowest BCUT2D eigenvalue weighted by atomic mass is 9.81. The molecule has 0 bridgehead atoms. The van der Waals surface area contributed by atoms with Gasteiger partial charge in [0.1, 0.15) is 0 Å². The zero-order valence-electron chi connectivity index (χ0n) is 12.4. The summed E-state index contributed by atoms with van der Waals surface area (Å²) in [6.45, 7) is 7.88. The number of nitrogens with zero attached hydrogens (tertiary/aromatic N) is 2. The van der Waals surface area contributed by atoms with Gasteiger partial charge in [-0.05, 0) is 38.8 Å². The Morgan fingerprint density at radius 1 is 1.16 bits per heavy atom. The normalized spacial score (nSPS) is 23.8. The van der Waals surface area contributed by atoms with E-state index in [2.05, 4.69) is 16.7 Å². The van der Waals surface area contributed by atoms with Gasteiger partial charge in [0.05, 0.1) is 0 Å². The summed E-state index contributed by atoms with van der Waals surface area (Å²) in [6, 6.07) is 0. The van der Waals surface area contributed by atoms with E-state index in [0.717, 1.165) is 65.0 Å². The molecule has 0 aromatic rings. The largest absolute Gasteiger partial charge is 0.340 e. The second-order valence-corrected chi connectivity index (χ2v) is 6.12. The van der Waals surface area contributed by atoms with Crippen LogP contribution in [0.5, 0.6) is 0 Å². The molecule has 0 radical (unpaired) electrons. The Morgan fingerprint density at radius 2 is 1.79 bits per heavy atom. The Bertz CT molecular complexity index is 292. The predicted molar refractivity (Wildman–Crippen MR) is 77.9 cm³/mol. The fourth-order valence-corrected chi connectivity index (χ4v) is 3.60. The van der Waals surface area contributed by atoms with Crippen molar-refractivity contribution in [2.45, 2.75) is 45.4 Å². The quantitative estimate of drug-likeness (QED) is 0.820. The van der Waals surface area contributed by atoms with E-state index in [0.29, 0.717) is 5.91 Å². The monoisotopic (exact) mass is 267 g/mol. The highest BCUT2D eigenvalue weighted by atomic mass is 16.2. The fraction of sp³-hybridized carbons (Fsp3) is 0.933. The van der Waals surface area contributed by atoms with Gasteiger partial charge in [0.25, 0.3) is 0 Å². The Kier molecular flexibility index (Phi) is 5.22. The van der Waals surface area contributed by atoms with Crippen LogP contribution in [0, 0.1) is 5.41 Å². The molecule has 2 rings (SSSR count). The van der Waals surface area contributed by atoms with Crippen LogP contribution in [0.4, 0.5) is 0 Å². The van der Waals surface area contributed by atoms with Crippen LogP contribution in [0.15, 0.2) is 0 Å². The second kappa shape index (κ2) is 6.71. The summed E-state index contributed by atoms with van der Waals surface area (Å²) in [6.07, 6.45) is 6.75. The molecule has 2 fully saturated rings. The molecule has 0 aromatic carbocycles. The smallest absolute Gasteiger partial charge is 0.228 e. The maximum Gasteiger partial charge on any atom is 0.228 e. The third-order valence-electron chi connectivity index (χ3n) is 5.03. The average Bonchev–Trinajstić information content (AvgIpc) is 2.95. The lowest BCUT2D eigenvalue weighted by Gasteiger charge is -2.39. The zero-order valence-corrected chi connectivity index (χ0v) is 12.4. The Labute approximate surface area is 117 Å². The average molecular weight is 267 g/mol. The molecule has 4 heteroatoms. The van der Waals surface area contributed by atoms with E-state index in [9.17, 15) is 4.79 Å². The molecule has 1 amide bonds. The topological polar surface area (TPSA) is 49.6 Å². The van der Waals surface area contributed by atoms with Crippen LogP contribution in [0.2, 0.25) is 0 Å². The van der Waals surface area contributed by atoms with Crippen molar-refractivity contribution in [2.75, 3.05) is 39.3 Å². The van der Waals surface area contributed by atoms with Gasteiger partial charge < -0.3 is 10.6 Å². The van der Waals surface area contributed by atoms with Crippen LogP contribution in [-0.2, 0) is 4.79 Å². The molecular weight excluding hydrogens is 238 g/mol. The lowest BCUT2D eigenvalue weighted by Crippen LogP contribution is -2.52. The van der Waals surface area contributed by atoms with Gasteiger partial charge in [-0.25, -0.2) is 0 Å². The molecule has 110 valence electrons. The molecule has 0 aromatic heterocycles. The van der Waals surface area contributed by atoms with Crippen molar-refractivity contribution in [3.63, 3.8) is 0 Å². The minimum absolute atomic E-state index is 0.0145. The number of nitrogens with two attached hydrogens (primary N) is 1. The number of piperazine rings is 1.